The summed E-state index contributed by atoms with van der Waals surface area (Å²) in [7, 11) is -3.83. The summed E-state index contributed by atoms with van der Waals surface area (Å²) in [4.78, 5) is 15.0. The van der Waals surface area contributed by atoms with Gasteiger partial charge < -0.3 is 5.73 Å². The first-order valence-electron chi connectivity index (χ1n) is 5.85. The molecule has 1 amide bonds. The first kappa shape index (κ1) is 15.3. The van der Waals surface area contributed by atoms with Gasteiger partial charge in [0.2, 0.25) is 5.91 Å². The molecule has 0 saturated carbocycles. The molecule has 1 aromatic heterocycles. The van der Waals surface area contributed by atoms with Crippen LogP contribution in [0, 0.1) is 6.92 Å². The van der Waals surface area contributed by atoms with Crippen LogP contribution in [0.5, 0.6) is 0 Å². The number of nitrogens with zero attached hydrogens (tertiary/aromatic N) is 1. The Hall–Kier alpha value is -2.12. The molecular formula is C13H12ClN3O3S. The van der Waals surface area contributed by atoms with Gasteiger partial charge in [0, 0.05) is 11.8 Å². The maximum atomic E-state index is 12.3. The van der Waals surface area contributed by atoms with Crippen molar-refractivity contribution < 1.29 is 13.2 Å². The van der Waals surface area contributed by atoms with Gasteiger partial charge in [-0.25, -0.2) is 13.4 Å². The van der Waals surface area contributed by atoms with Crippen molar-refractivity contribution in [2.75, 3.05) is 4.72 Å². The quantitative estimate of drug-likeness (QED) is 0.838. The second-order valence-corrected chi connectivity index (χ2v) is 6.33. The standard InChI is InChI=1S/C13H12ClN3O3S/c1-8-10(13(15)18)3-2-4-11(8)17-21(19,20)9-5-6-16-12(14)7-9/h2-7,17H,1H3,(H2,15,18). The molecule has 3 N–H and O–H groups in total. The molecule has 21 heavy (non-hydrogen) atoms. The maximum Gasteiger partial charge on any atom is 0.262 e. The van der Waals surface area contributed by atoms with Crippen molar-refractivity contribution in [3.63, 3.8) is 0 Å². The number of hydrogen-bond donors (Lipinski definition) is 2. The molecule has 0 radical (unpaired) electrons. The van der Waals surface area contributed by atoms with Gasteiger partial charge in [-0.05, 0) is 36.8 Å². The maximum absolute atomic E-state index is 12.3. The van der Waals surface area contributed by atoms with Gasteiger partial charge in [-0.15, -0.1) is 0 Å². The molecule has 8 heteroatoms. The van der Waals surface area contributed by atoms with Crippen LogP contribution in [0.1, 0.15) is 15.9 Å². The average molecular weight is 326 g/mol. The van der Waals surface area contributed by atoms with E-state index in [4.69, 9.17) is 17.3 Å². The monoisotopic (exact) mass is 325 g/mol. The first-order valence-corrected chi connectivity index (χ1v) is 7.71. The molecular weight excluding hydrogens is 314 g/mol. The van der Waals surface area contributed by atoms with Gasteiger partial charge in [-0.3, -0.25) is 9.52 Å². The third-order valence-corrected chi connectivity index (χ3v) is 4.42. The molecule has 0 aliphatic rings. The number of carbonyl (C=O) groups excluding carboxylic acids is 1. The highest BCUT2D eigenvalue weighted by Crippen LogP contribution is 2.23. The van der Waals surface area contributed by atoms with E-state index in [2.05, 4.69) is 9.71 Å². The fourth-order valence-corrected chi connectivity index (χ4v) is 3.14. The Balaban J connectivity index is 2.42. The van der Waals surface area contributed by atoms with Gasteiger partial charge in [0.15, 0.2) is 0 Å². The van der Waals surface area contributed by atoms with Crippen LogP contribution in [0.4, 0.5) is 5.69 Å². The number of rotatable bonds is 4. The number of aromatic nitrogens is 1. The number of nitrogens with one attached hydrogen (secondary N) is 1. The Morgan fingerprint density at radius 1 is 1.33 bits per heavy atom. The number of anilines is 1. The Kier molecular flexibility index (Phi) is 4.15. The minimum Gasteiger partial charge on any atom is -0.366 e. The lowest BCUT2D eigenvalue weighted by molar-refractivity contribution is 0.0999. The molecule has 110 valence electrons. The van der Waals surface area contributed by atoms with Gasteiger partial charge in [-0.1, -0.05) is 17.7 Å². The zero-order valence-electron chi connectivity index (χ0n) is 11.0. The Labute approximate surface area is 127 Å². The topological polar surface area (TPSA) is 102 Å². The fraction of sp³-hybridized carbons (Fsp3) is 0.0769. The fourth-order valence-electron chi connectivity index (χ4n) is 1.77. The van der Waals surface area contributed by atoms with E-state index in [0.29, 0.717) is 5.56 Å². The number of halogens is 1. The molecule has 0 atom stereocenters. The number of sulfonamides is 1. The smallest absolute Gasteiger partial charge is 0.262 e. The average Bonchev–Trinajstić information content (AvgIpc) is 2.40. The number of benzene rings is 1. The van der Waals surface area contributed by atoms with Crippen molar-refractivity contribution in [1.82, 2.24) is 4.98 Å². The SMILES string of the molecule is Cc1c(NS(=O)(=O)c2ccnc(Cl)c2)cccc1C(N)=O. The van der Waals surface area contributed by atoms with Crippen molar-refractivity contribution >= 4 is 33.2 Å². The van der Waals surface area contributed by atoms with Crippen LogP contribution >= 0.6 is 11.6 Å². The molecule has 0 spiro atoms. The summed E-state index contributed by atoms with van der Waals surface area (Å²) >= 11 is 5.69. The van der Waals surface area contributed by atoms with E-state index in [1.165, 1.54) is 24.4 Å². The Morgan fingerprint density at radius 2 is 2.05 bits per heavy atom. The largest absolute Gasteiger partial charge is 0.366 e. The predicted octanol–water partition coefficient (Wildman–Crippen LogP) is 1.94. The van der Waals surface area contributed by atoms with Crippen molar-refractivity contribution in [3.05, 3.63) is 52.8 Å². The van der Waals surface area contributed by atoms with Crippen LogP contribution in [-0.4, -0.2) is 19.3 Å². The van der Waals surface area contributed by atoms with E-state index in [9.17, 15) is 13.2 Å². The highest BCUT2D eigenvalue weighted by Gasteiger charge is 2.17. The highest BCUT2D eigenvalue weighted by molar-refractivity contribution is 7.92. The molecule has 0 aliphatic carbocycles. The molecule has 0 unspecified atom stereocenters. The lowest BCUT2D eigenvalue weighted by Gasteiger charge is -2.12. The number of nitrogens with two attached hydrogens (primary N) is 1. The summed E-state index contributed by atoms with van der Waals surface area (Å²) < 4.78 is 27.0. The molecule has 1 aromatic carbocycles. The number of primary amides is 1. The van der Waals surface area contributed by atoms with E-state index in [1.807, 2.05) is 0 Å². The van der Waals surface area contributed by atoms with Gasteiger partial charge in [0.1, 0.15) is 5.15 Å². The number of amides is 1. The van der Waals surface area contributed by atoms with Crippen molar-refractivity contribution in [2.45, 2.75) is 11.8 Å². The normalized spacial score (nSPS) is 11.1. The van der Waals surface area contributed by atoms with Crippen LogP contribution < -0.4 is 10.5 Å². The van der Waals surface area contributed by atoms with Crippen molar-refractivity contribution in [1.29, 1.82) is 0 Å². The van der Waals surface area contributed by atoms with Crippen molar-refractivity contribution in [3.8, 4) is 0 Å². The van der Waals surface area contributed by atoms with E-state index < -0.39 is 15.9 Å². The Bertz CT molecular complexity index is 806. The minimum absolute atomic E-state index is 0.0219. The number of hydrogen-bond acceptors (Lipinski definition) is 4. The number of carbonyl (C=O) groups is 1. The van der Waals surface area contributed by atoms with Crippen LogP contribution in [0.25, 0.3) is 0 Å². The summed E-state index contributed by atoms with van der Waals surface area (Å²) in [6.45, 7) is 1.61. The van der Waals surface area contributed by atoms with E-state index in [0.717, 1.165) is 0 Å². The molecule has 1 heterocycles. The summed E-state index contributed by atoms with van der Waals surface area (Å²) in [5, 5.41) is 0.0699. The highest BCUT2D eigenvalue weighted by atomic mass is 35.5. The second-order valence-electron chi connectivity index (χ2n) is 4.26. The summed E-state index contributed by atoms with van der Waals surface area (Å²) in [6.07, 6.45) is 1.30. The van der Waals surface area contributed by atoms with Gasteiger partial charge >= 0.3 is 0 Å². The molecule has 0 aliphatic heterocycles. The molecule has 2 rings (SSSR count). The lowest BCUT2D eigenvalue weighted by Crippen LogP contribution is -2.17. The first-order chi connectivity index (χ1) is 9.81. The zero-order valence-corrected chi connectivity index (χ0v) is 12.6. The number of pyridine rings is 1. The second kappa shape index (κ2) is 5.71. The van der Waals surface area contributed by atoms with E-state index in [1.54, 1.807) is 19.1 Å². The zero-order chi connectivity index (χ0) is 15.6. The van der Waals surface area contributed by atoms with Gasteiger partial charge in [0.25, 0.3) is 10.0 Å². The van der Waals surface area contributed by atoms with Crippen LogP contribution in [-0.2, 0) is 10.0 Å². The van der Waals surface area contributed by atoms with E-state index in [-0.39, 0.29) is 21.3 Å². The summed E-state index contributed by atoms with van der Waals surface area (Å²) in [5.41, 5.74) is 6.22. The predicted molar refractivity (Wildman–Crippen MR) is 79.8 cm³/mol. The minimum atomic E-state index is -3.83. The van der Waals surface area contributed by atoms with Gasteiger partial charge in [-0.2, -0.15) is 0 Å². The lowest BCUT2D eigenvalue weighted by atomic mass is 10.1. The third-order valence-electron chi connectivity index (χ3n) is 2.85. The van der Waals surface area contributed by atoms with Crippen molar-refractivity contribution in [2.24, 2.45) is 5.73 Å². The molecule has 6 nitrogen and oxygen atoms in total. The van der Waals surface area contributed by atoms with Crippen LogP contribution in [0.3, 0.4) is 0 Å². The molecule has 0 saturated heterocycles. The molecule has 0 bridgehead atoms. The Morgan fingerprint density at radius 3 is 2.67 bits per heavy atom. The molecule has 2 aromatic rings. The summed E-state index contributed by atoms with van der Waals surface area (Å²) in [6, 6.07) is 7.17. The summed E-state index contributed by atoms with van der Waals surface area (Å²) in [5.74, 6) is -0.625. The third kappa shape index (κ3) is 3.32. The van der Waals surface area contributed by atoms with Crippen LogP contribution in [0.2, 0.25) is 5.15 Å². The van der Waals surface area contributed by atoms with Gasteiger partial charge in [0.05, 0.1) is 10.6 Å². The molecule has 0 fully saturated rings. The van der Waals surface area contributed by atoms with E-state index >= 15 is 0 Å². The van der Waals surface area contributed by atoms with Crippen LogP contribution in [0.15, 0.2) is 41.4 Å².